The lowest BCUT2D eigenvalue weighted by Gasteiger charge is -2.22. The fourth-order valence-electron chi connectivity index (χ4n) is 4.04. The van der Waals surface area contributed by atoms with Gasteiger partial charge in [-0.1, -0.05) is 54.6 Å². The SMILES string of the molecule is CN=C(NCc1cccc(COCc2ccccc2)c1)NC1CC2CCC1O2.I. The summed E-state index contributed by atoms with van der Waals surface area (Å²) in [6.07, 6.45) is 4.22. The van der Waals surface area contributed by atoms with Crippen LogP contribution in [0, 0.1) is 0 Å². The van der Waals surface area contributed by atoms with Crippen molar-refractivity contribution in [3.8, 4) is 0 Å². The molecule has 3 unspecified atom stereocenters. The Morgan fingerprint density at radius 2 is 1.79 bits per heavy atom. The lowest BCUT2D eigenvalue weighted by atomic mass is 9.96. The largest absolute Gasteiger partial charge is 0.373 e. The Balaban J connectivity index is 0.00000240. The van der Waals surface area contributed by atoms with E-state index in [1.54, 1.807) is 0 Å². The van der Waals surface area contributed by atoms with Gasteiger partial charge in [-0.05, 0) is 36.0 Å². The second-order valence-electron chi connectivity index (χ2n) is 7.58. The molecular formula is C23H30IN3O2. The summed E-state index contributed by atoms with van der Waals surface area (Å²) in [7, 11) is 1.82. The van der Waals surface area contributed by atoms with Crippen molar-refractivity contribution in [2.24, 2.45) is 4.99 Å². The summed E-state index contributed by atoms with van der Waals surface area (Å²) in [6, 6.07) is 19.1. The summed E-state index contributed by atoms with van der Waals surface area (Å²) in [6.45, 7) is 1.97. The van der Waals surface area contributed by atoms with Crippen LogP contribution >= 0.6 is 24.0 Å². The predicted octanol–water partition coefficient (Wildman–Crippen LogP) is 4.01. The van der Waals surface area contributed by atoms with Gasteiger partial charge in [-0.3, -0.25) is 4.99 Å². The van der Waals surface area contributed by atoms with E-state index in [0.29, 0.717) is 31.5 Å². The zero-order valence-electron chi connectivity index (χ0n) is 16.8. The molecule has 156 valence electrons. The molecule has 3 atom stereocenters. The van der Waals surface area contributed by atoms with Crippen LogP contribution in [-0.2, 0) is 29.2 Å². The maximum absolute atomic E-state index is 5.92. The number of rotatable bonds is 7. The zero-order chi connectivity index (χ0) is 19.2. The first-order valence-electron chi connectivity index (χ1n) is 10.1. The van der Waals surface area contributed by atoms with E-state index < -0.39 is 0 Å². The van der Waals surface area contributed by atoms with Gasteiger partial charge in [-0.25, -0.2) is 0 Å². The van der Waals surface area contributed by atoms with E-state index in [0.717, 1.165) is 25.3 Å². The van der Waals surface area contributed by atoms with Crippen molar-refractivity contribution in [1.82, 2.24) is 10.6 Å². The van der Waals surface area contributed by atoms with Crippen molar-refractivity contribution >= 4 is 29.9 Å². The fourth-order valence-corrected chi connectivity index (χ4v) is 4.04. The van der Waals surface area contributed by atoms with Gasteiger partial charge < -0.3 is 20.1 Å². The third kappa shape index (κ3) is 6.17. The highest BCUT2D eigenvalue weighted by atomic mass is 127. The van der Waals surface area contributed by atoms with Crippen LogP contribution in [0.1, 0.15) is 36.0 Å². The molecule has 0 radical (unpaired) electrons. The Labute approximate surface area is 190 Å². The van der Waals surface area contributed by atoms with E-state index in [1.165, 1.54) is 23.1 Å². The molecule has 0 aliphatic carbocycles. The summed E-state index contributed by atoms with van der Waals surface area (Å²) < 4.78 is 11.8. The minimum absolute atomic E-state index is 0. The van der Waals surface area contributed by atoms with Crippen molar-refractivity contribution in [2.75, 3.05) is 7.05 Å². The average Bonchev–Trinajstić information content (AvgIpc) is 3.35. The fraction of sp³-hybridized carbons (Fsp3) is 0.435. The van der Waals surface area contributed by atoms with Crippen LogP contribution in [-0.4, -0.2) is 31.3 Å². The van der Waals surface area contributed by atoms with Gasteiger partial charge in [-0.2, -0.15) is 0 Å². The maximum Gasteiger partial charge on any atom is 0.191 e. The molecule has 2 saturated heterocycles. The van der Waals surface area contributed by atoms with Gasteiger partial charge in [0.05, 0.1) is 31.5 Å². The maximum atomic E-state index is 5.92. The molecule has 4 rings (SSSR count). The average molecular weight is 507 g/mol. The van der Waals surface area contributed by atoms with Crippen LogP contribution in [0.4, 0.5) is 0 Å². The Morgan fingerprint density at radius 1 is 1.03 bits per heavy atom. The number of benzene rings is 2. The first kappa shape index (κ1) is 22.1. The van der Waals surface area contributed by atoms with Crippen LogP contribution in [0.25, 0.3) is 0 Å². The first-order chi connectivity index (χ1) is 13.8. The van der Waals surface area contributed by atoms with E-state index in [1.807, 2.05) is 25.2 Å². The molecule has 0 amide bonds. The summed E-state index contributed by atoms with van der Waals surface area (Å²) in [5.74, 6) is 0.840. The Hall–Kier alpha value is -1.64. The summed E-state index contributed by atoms with van der Waals surface area (Å²) in [4.78, 5) is 4.37. The number of fused-ring (bicyclic) bond motifs is 2. The minimum Gasteiger partial charge on any atom is -0.373 e. The minimum atomic E-state index is 0. The number of nitrogens with zero attached hydrogens (tertiary/aromatic N) is 1. The van der Waals surface area contributed by atoms with Gasteiger partial charge in [0.2, 0.25) is 0 Å². The zero-order valence-corrected chi connectivity index (χ0v) is 19.2. The lowest BCUT2D eigenvalue weighted by Crippen LogP contribution is -2.47. The lowest BCUT2D eigenvalue weighted by molar-refractivity contribution is 0.0992. The molecule has 2 bridgehead atoms. The molecule has 5 nitrogen and oxygen atoms in total. The third-order valence-electron chi connectivity index (χ3n) is 5.48. The topological polar surface area (TPSA) is 54.9 Å². The number of aliphatic imine (C=N–C) groups is 1. The van der Waals surface area contributed by atoms with E-state index in [-0.39, 0.29) is 24.0 Å². The van der Waals surface area contributed by atoms with Gasteiger partial charge >= 0.3 is 0 Å². The Kier molecular flexibility index (Phi) is 8.32. The van der Waals surface area contributed by atoms with Crippen molar-refractivity contribution in [3.63, 3.8) is 0 Å². The van der Waals surface area contributed by atoms with Crippen LogP contribution < -0.4 is 10.6 Å². The number of guanidine groups is 1. The highest BCUT2D eigenvalue weighted by Gasteiger charge is 2.41. The van der Waals surface area contributed by atoms with Crippen LogP contribution in [0.2, 0.25) is 0 Å². The van der Waals surface area contributed by atoms with E-state index in [4.69, 9.17) is 9.47 Å². The van der Waals surface area contributed by atoms with Crippen LogP contribution in [0.15, 0.2) is 59.6 Å². The van der Waals surface area contributed by atoms with Crippen LogP contribution in [0.5, 0.6) is 0 Å². The van der Waals surface area contributed by atoms with Crippen LogP contribution in [0.3, 0.4) is 0 Å². The Morgan fingerprint density at radius 3 is 2.52 bits per heavy atom. The third-order valence-corrected chi connectivity index (χ3v) is 5.48. The summed E-state index contributed by atoms with van der Waals surface area (Å²) in [5, 5.41) is 6.95. The standard InChI is InChI=1S/C23H29N3O2.HI/c1-24-23(26-21-13-20-10-11-22(21)28-20)25-14-18-8-5-9-19(12-18)16-27-15-17-6-3-2-4-7-17;/h2-9,12,20-22H,10-11,13-16H2,1H3,(H2,24,25,26);1H. The highest BCUT2D eigenvalue weighted by Crippen LogP contribution is 2.34. The van der Waals surface area contributed by atoms with Crippen molar-refractivity contribution < 1.29 is 9.47 Å². The molecule has 0 spiro atoms. The number of hydrogen-bond acceptors (Lipinski definition) is 3. The molecule has 2 heterocycles. The smallest absolute Gasteiger partial charge is 0.191 e. The number of halogens is 1. The Bertz CT molecular complexity index is 800. The summed E-state index contributed by atoms with van der Waals surface area (Å²) in [5.41, 5.74) is 3.59. The molecule has 2 aromatic carbocycles. The summed E-state index contributed by atoms with van der Waals surface area (Å²) >= 11 is 0. The molecule has 2 aromatic rings. The van der Waals surface area contributed by atoms with Gasteiger partial charge in [0.1, 0.15) is 0 Å². The number of hydrogen-bond donors (Lipinski definition) is 2. The van der Waals surface area contributed by atoms with Gasteiger partial charge in [0.15, 0.2) is 5.96 Å². The molecule has 0 aromatic heterocycles. The predicted molar refractivity (Wildman–Crippen MR) is 126 cm³/mol. The van der Waals surface area contributed by atoms with Gasteiger partial charge in [0.25, 0.3) is 0 Å². The van der Waals surface area contributed by atoms with E-state index >= 15 is 0 Å². The molecule has 2 N–H and O–H groups in total. The first-order valence-corrected chi connectivity index (χ1v) is 10.1. The molecule has 0 saturated carbocycles. The van der Waals surface area contributed by atoms with E-state index in [9.17, 15) is 0 Å². The molecule has 2 aliphatic rings. The van der Waals surface area contributed by atoms with E-state index in [2.05, 4.69) is 52.0 Å². The van der Waals surface area contributed by atoms with Gasteiger partial charge in [0, 0.05) is 13.6 Å². The second-order valence-corrected chi connectivity index (χ2v) is 7.58. The van der Waals surface area contributed by atoms with Gasteiger partial charge in [-0.15, -0.1) is 24.0 Å². The highest BCUT2D eigenvalue weighted by molar-refractivity contribution is 14.0. The molecule has 2 aliphatic heterocycles. The second kappa shape index (κ2) is 10.9. The van der Waals surface area contributed by atoms with Crippen molar-refractivity contribution in [1.29, 1.82) is 0 Å². The van der Waals surface area contributed by atoms with Crippen molar-refractivity contribution in [2.45, 2.75) is 57.3 Å². The number of nitrogens with one attached hydrogen (secondary N) is 2. The molecule has 6 heteroatoms. The molecule has 2 fully saturated rings. The number of ether oxygens (including phenoxy) is 2. The monoisotopic (exact) mass is 507 g/mol. The van der Waals surface area contributed by atoms with Crippen molar-refractivity contribution in [3.05, 3.63) is 71.3 Å². The molecular weight excluding hydrogens is 477 g/mol. The normalized spacial score (nSPS) is 22.9. The molecule has 29 heavy (non-hydrogen) atoms. The quantitative estimate of drug-likeness (QED) is 0.338.